The first-order chi connectivity index (χ1) is 9.61. The molecular weight excluding hydrogens is 254 g/mol. The van der Waals surface area contributed by atoms with E-state index in [2.05, 4.69) is 35.2 Å². The second kappa shape index (κ2) is 7.20. The van der Waals surface area contributed by atoms with Gasteiger partial charge in [-0.15, -0.1) is 0 Å². The number of ether oxygens (including phenoxy) is 1. The molecule has 0 radical (unpaired) electrons. The van der Waals surface area contributed by atoms with Gasteiger partial charge in [0.05, 0.1) is 18.8 Å². The van der Waals surface area contributed by atoms with Gasteiger partial charge in [-0.25, -0.2) is 4.98 Å². The number of aryl methyl sites for hydroxylation is 1. The van der Waals surface area contributed by atoms with E-state index in [1.807, 2.05) is 6.20 Å². The number of imidazole rings is 1. The van der Waals surface area contributed by atoms with E-state index in [1.54, 1.807) is 6.20 Å². The van der Waals surface area contributed by atoms with Crippen molar-refractivity contribution in [1.29, 1.82) is 0 Å². The monoisotopic (exact) mass is 281 g/mol. The van der Waals surface area contributed by atoms with Gasteiger partial charge in [0, 0.05) is 44.5 Å². The van der Waals surface area contributed by atoms with Crippen LogP contribution >= 0.6 is 0 Å². The summed E-state index contributed by atoms with van der Waals surface area (Å²) < 4.78 is 7.86. The Hall–Kier alpha value is -0.910. The molecular formula is C15H27N3O2. The smallest absolute Gasteiger partial charge is 0.111 e. The zero-order chi connectivity index (χ0) is 14.5. The Bertz CT molecular complexity index is 406. The molecule has 1 fully saturated rings. The van der Waals surface area contributed by atoms with Crippen LogP contribution in [0, 0.1) is 0 Å². The molecule has 0 aliphatic carbocycles. The number of aliphatic hydroxyl groups is 1. The van der Waals surface area contributed by atoms with Gasteiger partial charge < -0.3 is 14.4 Å². The first-order valence-electron chi connectivity index (χ1n) is 7.65. The van der Waals surface area contributed by atoms with Crippen LogP contribution in [-0.4, -0.2) is 57.5 Å². The van der Waals surface area contributed by atoms with E-state index in [0.29, 0.717) is 19.1 Å². The van der Waals surface area contributed by atoms with E-state index in [0.717, 1.165) is 31.9 Å². The summed E-state index contributed by atoms with van der Waals surface area (Å²) in [5, 5.41) is 10.4. The van der Waals surface area contributed by atoms with Gasteiger partial charge in [0.2, 0.25) is 0 Å². The van der Waals surface area contributed by atoms with Crippen molar-refractivity contribution in [2.75, 3.05) is 19.7 Å². The SMILES string of the molecule is CCCn1ccnc1CC(O)C1CN(C(C)C)CCO1. The Balaban J connectivity index is 1.93. The summed E-state index contributed by atoms with van der Waals surface area (Å²) in [5.74, 6) is 0.949. The lowest BCUT2D eigenvalue weighted by Crippen LogP contribution is -2.50. The molecule has 2 unspecified atom stereocenters. The molecule has 0 bridgehead atoms. The maximum absolute atomic E-state index is 10.4. The Kier molecular flexibility index (Phi) is 5.57. The lowest BCUT2D eigenvalue weighted by Gasteiger charge is -2.37. The molecule has 2 atom stereocenters. The normalized spacial score (nSPS) is 22.4. The van der Waals surface area contributed by atoms with Crippen LogP contribution in [0.3, 0.4) is 0 Å². The fraction of sp³-hybridized carbons (Fsp3) is 0.800. The maximum atomic E-state index is 10.4. The minimum atomic E-state index is -0.491. The van der Waals surface area contributed by atoms with Crippen LogP contribution in [0.2, 0.25) is 0 Å². The predicted molar refractivity (Wildman–Crippen MR) is 78.7 cm³/mol. The molecule has 5 nitrogen and oxygen atoms in total. The number of hydrogen-bond acceptors (Lipinski definition) is 4. The van der Waals surface area contributed by atoms with Crippen molar-refractivity contribution < 1.29 is 9.84 Å². The summed E-state index contributed by atoms with van der Waals surface area (Å²) in [6.45, 7) is 9.91. The largest absolute Gasteiger partial charge is 0.390 e. The fourth-order valence-electron chi connectivity index (χ4n) is 2.69. The highest BCUT2D eigenvalue weighted by Gasteiger charge is 2.28. The van der Waals surface area contributed by atoms with Gasteiger partial charge in [-0.2, -0.15) is 0 Å². The van der Waals surface area contributed by atoms with E-state index in [-0.39, 0.29) is 6.10 Å². The topological polar surface area (TPSA) is 50.5 Å². The van der Waals surface area contributed by atoms with Crippen LogP contribution < -0.4 is 0 Å². The molecule has 2 heterocycles. The third-order valence-corrected chi connectivity index (χ3v) is 3.94. The quantitative estimate of drug-likeness (QED) is 0.854. The van der Waals surface area contributed by atoms with Crippen LogP contribution in [0.5, 0.6) is 0 Å². The summed E-state index contributed by atoms with van der Waals surface area (Å²) >= 11 is 0. The standard InChI is InChI=1S/C15H27N3O2/c1-4-6-17-7-5-16-15(17)10-13(19)14-11-18(12(2)3)8-9-20-14/h5,7,12-14,19H,4,6,8-11H2,1-3H3. The Labute approximate surface area is 121 Å². The highest BCUT2D eigenvalue weighted by atomic mass is 16.5. The number of morpholine rings is 1. The molecule has 1 saturated heterocycles. The molecule has 1 N–H and O–H groups in total. The summed E-state index contributed by atoms with van der Waals surface area (Å²) in [4.78, 5) is 6.71. The van der Waals surface area contributed by atoms with E-state index in [9.17, 15) is 5.11 Å². The molecule has 2 rings (SSSR count). The van der Waals surface area contributed by atoms with Crippen molar-refractivity contribution in [2.45, 2.75) is 58.4 Å². The lowest BCUT2D eigenvalue weighted by molar-refractivity contribution is -0.0946. The minimum absolute atomic E-state index is 0.113. The third kappa shape index (κ3) is 3.81. The third-order valence-electron chi connectivity index (χ3n) is 3.94. The van der Waals surface area contributed by atoms with Crippen LogP contribution in [0.1, 0.15) is 33.0 Å². The molecule has 0 saturated carbocycles. The molecule has 0 spiro atoms. The molecule has 1 aliphatic heterocycles. The Morgan fingerprint density at radius 3 is 3.00 bits per heavy atom. The van der Waals surface area contributed by atoms with Crippen LogP contribution in [0.4, 0.5) is 0 Å². The van der Waals surface area contributed by atoms with Gasteiger partial charge in [0.25, 0.3) is 0 Å². The molecule has 114 valence electrons. The van der Waals surface area contributed by atoms with Crippen LogP contribution in [0.15, 0.2) is 12.4 Å². The van der Waals surface area contributed by atoms with Crippen molar-refractivity contribution in [1.82, 2.24) is 14.5 Å². The zero-order valence-corrected chi connectivity index (χ0v) is 12.8. The molecule has 1 aromatic rings. The first kappa shape index (κ1) is 15.5. The summed E-state index contributed by atoms with van der Waals surface area (Å²) in [5.41, 5.74) is 0. The average Bonchev–Trinajstić information content (AvgIpc) is 2.86. The van der Waals surface area contributed by atoms with Crippen molar-refractivity contribution in [2.24, 2.45) is 0 Å². The van der Waals surface area contributed by atoms with Gasteiger partial charge in [0.15, 0.2) is 0 Å². The highest BCUT2D eigenvalue weighted by Crippen LogP contribution is 2.15. The molecule has 0 aromatic carbocycles. The van der Waals surface area contributed by atoms with Crippen LogP contribution in [-0.2, 0) is 17.7 Å². The van der Waals surface area contributed by atoms with Crippen molar-refractivity contribution in [3.63, 3.8) is 0 Å². The summed E-state index contributed by atoms with van der Waals surface area (Å²) in [6.07, 6.45) is 4.81. The Morgan fingerprint density at radius 2 is 2.30 bits per heavy atom. The lowest BCUT2D eigenvalue weighted by atomic mass is 10.1. The van der Waals surface area contributed by atoms with Gasteiger partial charge in [-0.05, 0) is 20.3 Å². The Morgan fingerprint density at radius 1 is 1.50 bits per heavy atom. The van der Waals surface area contributed by atoms with E-state index in [4.69, 9.17) is 4.74 Å². The van der Waals surface area contributed by atoms with Crippen molar-refractivity contribution in [3.05, 3.63) is 18.2 Å². The van der Waals surface area contributed by atoms with Gasteiger partial charge in [-0.1, -0.05) is 6.92 Å². The maximum Gasteiger partial charge on any atom is 0.111 e. The van der Waals surface area contributed by atoms with Crippen molar-refractivity contribution in [3.8, 4) is 0 Å². The summed E-state index contributed by atoms with van der Waals surface area (Å²) in [6, 6.07) is 0.496. The van der Waals surface area contributed by atoms with E-state index in [1.165, 1.54) is 0 Å². The number of nitrogens with zero attached hydrogens (tertiary/aromatic N) is 3. The van der Waals surface area contributed by atoms with Gasteiger partial charge in [0.1, 0.15) is 5.82 Å². The van der Waals surface area contributed by atoms with Gasteiger partial charge >= 0.3 is 0 Å². The number of hydrogen-bond donors (Lipinski definition) is 1. The number of aromatic nitrogens is 2. The second-order valence-corrected chi connectivity index (χ2v) is 5.81. The van der Waals surface area contributed by atoms with Crippen molar-refractivity contribution >= 4 is 0 Å². The molecule has 1 aromatic heterocycles. The number of aliphatic hydroxyl groups excluding tert-OH is 1. The molecule has 1 aliphatic rings. The molecule has 20 heavy (non-hydrogen) atoms. The first-order valence-corrected chi connectivity index (χ1v) is 7.65. The van der Waals surface area contributed by atoms with Gasteiger partial charge in [-0.3, -0.25) is 4.90 Å². The predicted octanol–water partition coefficient (Wildman–Crippen LogP) is 1.31. The highest BCUT2D eigenvalue weighted by molar-refractivity contribution is 4.96. The fourth-order valence-corrected chi connectivity index (χ4v) is 2.69. The zero-order valence-electron chi connectivity index (χ0n) is 12.8. The minimum Gasteiger partial charge on any atom is -0.390 e. The van der Waals surface area contributed by atoms with E-state index >= 15 is 0 Å². The van der Waals surface area contributed by atoms with E-state index < -0.39 is 6.10 Å². The average molecular weight is 281 g/mol. The molecule has 5 heteroatoms. The second-order valence-electron chi connectivity index (χ2n) is 5.81. The molecule has 0 amide bonds. The number of rotatable bonds is 6. The summed E-state index contributed by atoms with van der Waals surface area (Å²) in [7, 11) is 0. The van der Waals surface area contributed by atoms with Crippen LogP contribution in [0.25, 0.3) is 0 Å².